The van der Waals surface area contributed by atoms with Gasteiger partial charge in [-0.2, -0.15) is 0 Å². The fraction of sp³-hybridized carbons (Fsp3) is 1.00. The smallest absolute Gasteiger partial charge is 0.0257 e. The molecule has 0 amide bonds. The maximum absolute atomic E-state index is 6.10. The standard InChI is InChI=1S/C11H21N3/c1-7-3-9(6-13(7)2)14-5-8-4-10(14)11(8)12/h7-11H,3-6,12H2,1-2H3. The van der Waals surface area contributed by atoms with Crippen molar-refractivity contribution in [3.8, 4) is 0 Å². The van der Waals surface area contributed by atoms with Gasteiger partial charge in [0, 0.05) is 37.3 Å². The number of hydrogen-bond acceptors (Lipinski definition) is 3. The van der Waals surface area contributed by atoms with Crippen LogP contribution in [0.4, 0.5) is 0 Å². The first-order valence-corrected chi connectivity index (χ1v) is 5.88. The van der Waals surface area contributed by atoms with E-state index in [-0.39, 0.29) is 0 Å². The van der Waals surface area contributed by atoms with Crippen LogP contribution in [0.5, 0.6) is 0 Å². The number of nitrogens with zero attached hydrogens (tertiary/aromatic N) is 2. The number of likely N-dealkylation sites (N-methyl/N-ethyl adjacent to an activating group) is 1. The van der Waals surface area contributed by atoms with Gasteiger partial charge in [0.25, 0.3) is 0 Å². The minimum absolute atomic E-state index is 0.496. The Kier molecular flexibility index (Phi) is 1.92. The van der Waals surface area contributed by atoms with Gasteiger partial charge in [0.15, 0.2) is 0 Å². The van der Waals surface area contributed by atoms with Crippen LogP contribution in [-0.4, -0.2) is 54.1 Å². The van der Waals surface area contributed by atoms with Crippen LogP contribution in [0.25, 0.3) is 0 Å². The van der Waals surface area contributed by atoms with Gasteiger partial charge >= 0.3 is 0 Å². The minimum Gasteiger partial charge on any atom is -0.326 e. The molecule has 0 aromatic rings. The lowest BCUT2D eigenvalue weighted by Gasteiger charge is -2.35. The van der Waals surface area contributed by atoms with Crippen LogP contribution in [0, 0.1) is 5.92 Å². The average molecular weight is 195 g/mol. The maximum atomic E-state index is 6.10. The molecule has 0 aromatic carbocycles. The molecule has 5 unspecified atom stereocenters. The highest BCUT2D eigenvalue weighted by molar-refractivity contribution is 5.10. The van der Waals surface area contributed by atoms with E-state index in [4.69, 9.17) is 5.73 Å². The molecule has 3 saturated heterocycles. The van der Waals surface area contributed by atoms with Gasteiger partial charge in [0.05, 0.1) is 0 Å². The van der Waals surface area contributed by atoms with E-state index in [0.717, 1.165) is 24.0 Å². The molecule has 1 aliphatic carbocycles. The Balaban J connectivity index is 1.68. The number of nitrogens with two attached hydrogens (primary N) is 1. The van der Waals surface area contributed by atoms with Crippen molar-refractivity contribution in [2.75, 3.05) is 20.1 Å². The van der Waals surface area contributed by atoms with Crippen molar-refractivity contribution in [1.29, 1.82) is 0 Å². The van der Waals surface area contributed by atoms with E-state index < -0.39 is 0 Å². The third-order valence-electron chi connectivity index (χ3n) is 4.74. The van der Waals surface area contributed by atoms with Gasteiger partial charge in [0.2, 0.25) is 0 Å². The van der Waals surface area contributed by atoms with Crippen LogP contribution in [0.15, 0.2) is 0 Å². The molecule has 2 N–H and O–H groups in total. The molecule has 0 aromatic heterocycles. The molecular weight excluding hydrogens is 174 g/mol. The molecule has 3 nitrogen and oxygen atoms in total. The highest BCUT2D eigenvalue weighted by Gasteiger charge is 2.52. The largest absolute Gasteiger partial charge is 0.326 e. The topological polar surface area (TPSA) is 32.5 Å². The molecule has 2 bridgehead atoms. The monoisotopic (exact) mass is 195 g/mol. The highest BCUT2D eigenvalue weighted by Crippen LogP contribution is 2.42. The lowest BCUT2D eigenvalue weighted by molar-refractivity contribution is 0.167. The lowest BCUT2D eigenvalue weighted by Crippen LogP contribution is -2.51. The first-order valence-electron chi connectivity index (χ1n) is 5.88. The van der Waals surface area contributed by atoms with Crippen molar-refractivity contribution in [2.24, 2.45) is 11.7 Å². The first kappa shape index (κ1) is 9.13. The SMILES string of the molecule is CC1CC(N2CC3CC2C3N)CN1C. The number of fused-ring (bicyclic) bond motifs is 1. The van der Waals surface area contributed by atoms with Crippen molar-refractivity contribution >= 4 is 0 Å². The number of likely N-dealkylation sites (tertiary alicyclic amines) is 1. The van der Waals surface area contributed by atoms with Crippen LogP contribution in [0.3, 0.4) is 0 Å². The van der Waals surface area contributed by atoms with Crippen molar-refractivity contribution in [1.82, 2.24) is 9.80 Å². The van der Waals surface area contributed by atoms with Gasteiger partial charge in [-0.25, -0.2) is 0 Å². The second-order valence-corrected chi connectivity index (χ2v) is 5.52. The summed E-state index contributed by atoms with van der Waals surface area (Å²) in [6, 6.07) is 2.77. The van der Waals surface area contributed by atoms with E-state index >= 15 is 0 Å². The van der Waals surface area contributed by atoms with E-state index in [2.05, 4.69) is 23.8 Å². The fourth-order valence-corrected chi connectivity index (χ4v) is 3.52. The van der Waals surface area contributed by atoms with Gasteiger partial charge in [-0.1, -0.05) is 0 Å². The van der Waals surface area contributed by atoms with E-state index in [9.17, 15) is 0 Å². The molecule has 14 heavy (non-hydrogen) atoms. The summed E-state index contributed by atoms with van der Waals surface area (Å²) >= 11 is 0. The zero-order valence-corrected chi connectivity index (χ0v) is 9.19. The summed E-state index contributed by atoms with van der Waals surface area (Å²) in [6.45, 7) is 4.86. The predicted octanol–water partition coefficient (Wildman–Crippen LogP) is 0.110. The number of hydrogen-bond donors (Lipinski definition) is 1. The van der Waals surface area contributed by atoms with Crippen molar-refractivity contribution in [3.63, 3.8) is 0 Å². The van der Waals surface area contributed by atoms with Crippen molar-refractivity contribution < 1.29 is 0 Å². The third kappa shape index (κ3) is 1.09. The molecule has 0 spiro atoms. The third-order valence-corrected chi connectivity index (χ3v) is 4.74. The average Bonchev–Trinajstić information content (AvgIpc) is 2.78. The van der Waals surface area contributed by atoms with E-state index in [0.29, 0.717) is 6.04 Å². The van der Waals surface area contributed by atoms with Crippen molar-refractivity contribution in [2.45, 2.75) is 43.9 Å². The van der Waals surface area contributed by atoms with Crippen LogP contribution < -0.4 is 5.73 Å². The van der Waals surface area contributed by atoms with Gasteiger partial charge in [-0.3, -0.25) is 4.90 Å². The van der Waals surface area contributed by atoms with Crippen LogP contribution in [-0.2, 0) is 0 Å². The van der Waals surface area contributed by atoms with Gasteiger partial charge < -0.3 is 10.6 Å². The van der Waals surface area contributed by atoms with Crippen LogP contribution in [0.2, 0.25) is 0 Å². The van der Waals surface area contributed by atoms with E-state index in [1.54, 1.807) is 0 Å². The molecule has 0 radical (unpaired) electrons. The quantitative estimate of drug-likeness (QED) is 0.644. The Bertz CT molecular complexity index is 233. The fourth-order valence-electron chi connectivity index (χ4n) is 3.52. The Morgan fingerprint density at radius 3 is 2.43 bits per heavy atom. The summed E-state index contributed by atoms with van der Waals surface area (Å²) in [7, 11) is 2.24. The molecule has 3 aliphatic heterocycles. The van der Waals surface area contributed by atoms with E-state index in [1.165, 1.54) is 25.9 Å². The molecule has 4 rings (SSSR count). The van der Waals surface area contributed by atoms with Crippen LogP contribution >= 0.6 is 0 Å². The summed E-state index contributed by atoms with van der Waals surface area (Å²) in [5, 5.41) is 0. The normalized spacial score (nSPS) is 53.8. The molecule has 4 aliphatic rings. The molecule has 3 heterocycles. The predicted molar refractivity (Wildman–Crippen MR) is 57.1 cm³/mol. The molecule has 5 atom stereocenters. The van der Waals surface area contributed by atoms with Gasteiger partial charge in [0.1, 0.15) is 0 Å². The maximum Gasteiger partial charge on any atom is 0.0257 e. The van der Waals surface area contributed by atoms with Crippen molar-refractivity contribution in [3.05, 3.63) is 0 Å². The van der Waals surface area contributed by atoms with Gasteiger partial charge in [-0.05, 0) is 32.7 Å². The van der Waals surface area contributed by atoms with Crippen LogP contribution in [0.1, 0.15) is 19.8 Å². The summed E-state index contributed by atoms with van der Waals surface area (Å²) in [5.41, 5.74) is 6.10. The Hall–Kier alpha value is -0.120. The Morgan fingerprint density at radius 1 is 1.21 bits per heavy atom. The summed E-state index contributed by atoms with van der Waals surface area (Å²) < 4.78 is 0. The molecule has 4 fully saturated rings. The number of rotatable bonds is 1. The summed E-state index contributed by atoms with van der Waals surface area (Å²) in [6.07, 6.45) is 2.71. The summed E-state index contributed by atoms with van der Waals surface area (Å²) in [4.78, 5) is 5.17. The minimum atomic E-state index is 0.496. The van der Waals surface area contributed by atoms with E-state index in [1.807, 2.05) is 0 Å². The molecule has 80 valence electrons. The Labute approximate surface area is 86.2 Å². The molecular formula is C11H21N3. The Morgan fingerprint density at radius 2 is 2.00 bits per heavy atom. The molecule has 3 heteroatoms. The zero-order chi connectivity index (χ0) is 9.87. The first-order chi connectivity index (χ1) is 6.66. The zero-order valence-electron chi connectivity index (χ0n) is 9.19. The highest BCUT2D eigenvalue weighted by atomic mass is 15.3. The molecule has 1 saturated carbocycles. The lowest BCUT2D eigenvalue weighted by atomic mass is 9.81. The second kappa shape index (κ2) is 2.94. The second-order valence-electron chi connectivity index (χ2n) is 5.52. The van der Waals surface area contributed by atoms with Gasteiger partial charge in [-0.15, -0.1) is 0 Å². The summed E-state index contributed by atoms with van der Waals surface area (Å²) in [5.74, 6) is 0.821.